The van der Waals surface area contributed by atoms with Gasteiger partial charge in [-0.3, -0.25) is 4.79 Å². The van der Waals surface area contributed by atoms with Crippen molar-refractivity contribution in [1.29, 1.82) is 0 Å². The van der Waals surface area contributed by atoms with Gasteiger partial charge in [0.05, 0.1) is 0 Å². The third-order valence-electron chi connectivity index (χ3n) is 6.81. The second-order valence-corrected chi connectivity index (χ2v) is 8.47. The van der Waals surface area contributed by atoms with Crippen molar-refractivity contribution in [2.45, 2.75) is 51.0 Å². The van der Waals surface area contributed by atoms with E-state index >= 15 is 0 Å². The van der Waals surface area contributed by atoms with Crippen LogP contribution in [0.5, 0.6) is 0 Å². The van der Waals surface area contributed by atoms with Gasteiger partial charge in [0.15, 0.2) is 0 Å². The highest BCUT2D eigenvalue weighted by Gasteiger charge is 2.31. The minimum atomic E-state index is 0.148. The van der Waals surface area contributed by atoms with Crippen molar-refractivity contribution >= 4 is 11.7 Å². The van der Waals surface area contributed by atoms with E-state index in [1.807, 2.05) is 0 Å². The molecule has 2 fully saturated rings. The van der Waals surface area contributed by atoms with Crippen LogP contribution in [0.4, 0.5) is 5.82 Å². The number of rotatable bonds is 3. The van der Waals surface area contributed by atoms with Crippen LogP contribution in [0, 0.1) is 5.92 Å². The molecular weight excluding hydrogens is 348 g/mol. The highest BCUT2D eigenvalue weighted by molar-refractivity contribution is 5.79. The molecule has 0 bridgehead atoms. The zero-order chi connectivity index (χ0) is 18.9. The van der Waals surface area contributed by atoms with Gasteiger partial charge >= 0.3 is 0 Å². The van der Waals surface area contributed by atoms with Crippen molar-refractivity contribution in [2.24, 2.45) is 5.92 Å². The fourth-order valence-corrected chi connectivity index (χ4v) is 4.76. The standard InChI is InChI=1S/C23H28N4O/c28-23(27-13-8-17-4-1-2-5-20(17)15-27)19-9-11-26(12-10-19)22-14-21(24-16-25-22)18-6-3-7-18/h1-2,4-5,14,16,18-19H,3,6-13,15H2. The molecule has 0 atom stereocenters. The van der Waals surface area contributed by atoms with Gasteiger partial charge < -0.3 is 9.80 Å². The number of hydrogen-bond acceptors (Lipinski definition) is 4. The van der Waals surface area contributed by atoms with Crippen LogP contribution in [0.25, 0.3) is 0 Å². The quantitative estimate of drug-likeness (QED) is 0.822. The van der Waals surface area contributed by atoms with E-state index in [-0.39, 0.29) is 5.92 Å². The van der Waals surface area contributed by atoms with E-state index in [2.05, 4.69) is 50.1 Å². The maximum Gasteiger partial charge on any atom is 0.226 e. The highest BCUT2D eigenvalue weighted by atomic mass is 16.2. The second kappa shape index (κ2) is 7.53. The van der Waals surface area contributed by atoms with E-state index in [1.54, 1.807) is 6.33 Å². The maximum absolute atomic E-state index is 13.1. The Balaban J connectivity index is 1.20. The Labute approximate surface area is 166 Å². The molecule has 2 aliphatic heterocycles. The molecule has 0 N–H and O–H groups in total. The smallest absolute Gasteiger partial charge is 0.226 e. The van der Waals surface area contributed by atoms with E-state index in [9.17, 15) is 4.79 Å². The summed E-state index contributed by atoms with van der Waals surface area (Å²) in [6.07, 6.45) is 8.35. The Morgan fingerprint density at radius 3 is 2.50 bits per heavy atom. The first-order valence-electron chi connectivity index (χ1n) is 10.7. The van der Waals surface area contributed by atoms with Gasteiger partial charge in [-0.2, -0.15) is 0 Å². The zero-order valence-corrected chi connectivity index (χ0v) is 16.4. The summed E-state index contributed by atoms with van der Waals surface area (Å²) in [7, 11) is 0. The molecule has 0 unspecified atom stereocenters. The summed E-state index contributed by atoms with van der Waals surface area (Å²) < 4.78 is 0. The van der Waals surface area contributed by atoms with Crippen LogP contribution in [-0.2, 0) is 17.8 Å². The fraction of sp³-hybridized carbons (Fsp3) is 0.522. The van der Waals surface area contributed by atoms with Crippen molar-refractivity contribution in [3.05, 3.63) is 53.5 Å². The summed E-state index contributed by atoms with van der Waals surface area (Å²) >= 11 is 0. The molecule has 5 nitrogen and oxygen atoms in total. The number of hydrogen-bond donors (Lipinski definition) is 0. The van der Waals surface area contributed by atoms with Crippen LogP contribution >= 0.6 is 0 Å². The number of aromatic nitrogens is 2. The normalized spacial score (nSPS) is 20.6. The first kappa shape index (κ1) is 17.7. The predicted molar refractivity (Wildman–Crippen MR) is 109 cm³/mol. The maximum atomic E-state index is 13.1. The Bertz CT molecular complexity index is 855. The molecule has 1 aromatic carbocycles. The molecule has 2 aromatic rings. The van der Waals surface area contributed by atoms with Crippen molar-refractivity contribution in [3.63, 3.8) is 0 Å². The molecule has 3 heterocycles. The molecule has 3 aliphatic rings. The predicted octanol–water partition coefficient (Wildman–Crippen LogP) is 3.55. The van der Waals surface area contributed by atoms with Gasteiger partial charge in [0.1, 0.15) is 12.1 Å². The molecule has 0 spiro atoms. The molecule has 1 aromatic heterocycles. The minimum Gasteiger partial charge on any atom is -0.356 e. The van der Waals surface area contributed by atoms with E-state index in [0.717, 1.165) is 51.3 Å². The number of carbonyl (C=O) groups excluding carboxylic acids is 1. The van der Waals surface area contributed by atoms with E-state index in [4.69, 9.17) is 0 Å². The average molecular weight is 377 g/mol. The molecule has 0 radical (unpaired) electrons. The molecule has 5 rings (SSSR count). The molecule has 28 heavy (non-hydrogen) atoms. The lowest BCUT2D eigenvalue weighted by atomic mass is 9.83. The summed E-state index contributed by atoms with van der Waals surface area (Å²) in [5.41, 5.74) is 3.90. The lowest BCUT2D eigenvalue weighted by Crippen LogP contribution is -2.44. The first-order chi connectivity index (χ1) is 13.8. The summed E-state index contributed by atoms with van der Waals surface area (Å²) in [6.45, 7) is 3.43. The van der Waals surface area contributed by atoms with E-state index in [0.29, 0.717) is 11.8 Å². The number of piperidine rings is 1. The average Bonchev–Trinajstić information content (AvgIpc) is 2.72. The Morgan fingerprint density at radius 2 is 1.75 bits per heavy atom. The van der Waals surface area contributed by atoms with Gasteiger partial charge in [-0.05, 0) is 43.2 Å². The summed E-state index contributed by atoms with van der Waals surface area (Å²) in [6, 6.07) is 10.7. The SMILES string of the molecule is O=C(C1CCN(c2cc(C3CCC3)ncn2)CC1)N1CCc2ccccc2C1. The minimum absolute atomic E-state index is 0.148. The van der Waals surface area contributed by atoms with Crippen molar-refractivity contribution in [2.75, 3.05) is 24.5 Å². The van der Waals surface area contributed by atoms with Gasteiger partial charge in [0, 0.05) is 49.8 Å². The van der Waals surface area contributed by atoms with Crippen molar-refractivity contribution in [3.8, 4) is 0 Å². The second-order valence-electron chi connectivity index (χ2n) is 8.47. The number of benzene rings is 1. The summed E-state index contributed by atoms with van der Waals surface area (Å²) in [5, 5.41) is 0. The van der Waals surface area contributed by atoms with Crippen molar-refractivity contribution < 1.29 is 4.79 Å². The third kappa shape index (κ3) is 3.38. The lowest BCUT2D eigenvalue weighted by Gasteiger charge is -2.36. The summed E-state index contributed by atoms with van der Waals surface area (Å²) in [4.78, 5) is 26.5. The highest BCUT2D eigenvalue weighted by Crippen LogP contribution is 2.36. The van der Waals surface area contributed by atoms with Gasteiger partial charge in [0.2, 0.25) is 5.91 Å². The first-order valence-corrected chi connectivity index (χ1v) is 10.7. The van der Waals surface area contributed by atoms with Crippen LogP contribution in [0.15, 0.2) is 36.7 Å². The fourth-order valence-electron chi connectivity index (χ4n) is 4.76. The molecule has 5 heteroatoms. The summed E-state index contributed by atoms with van der Waals surface area (Å²) in [5.74, 6) is 2.15. The number of fused-ring (bicyclic) bond motifs is 1. The lowest BCUT2D eigenvalue weighted by molar-refractivity contribution is -0.137. The monoisotopic (exact) mass is 376 g/mol. The number of anilines is 1. The molecular formula is C23H28N4O. The third-order valence-corrected chi connectivity index (χ3v) is 6.81. The van der Waals surface area contributed by atoms with Crippen LogP contribution in [0.2, 0.25) is 0 Å². The largest absolute Gasteiger partial charge is 0.356 e. The Kier molecular flexibility index (Phi) is 4.75. The van der Waals surface area contributed by atoms with Gasteiger partial charge in [0.25, 0.3) is 0 Å². The molecule has 1 saturated heterocycles. The van der Waals surface area contributed by atoms with E-state index in [1.165, 1.54) is 36.1 Å². The molecule has 1 amide bonds. The Morgan fingerprint density at radius 1 is 0.964 bits per heavy atom. The number of nitrogens with zero attached hydrogens (tertiary/aromatic N) is 4. The van der Waals surface area contributed by atoms with Crippen molar-refractivity contribution in [1.82, 2.24) is 14.9 Å². The van der Waals surface area contributed by atoms with Gasteiger partial charge in [-0.15, -0.1) is 0 Å². The number of carbonyl (C=O) groups is 1. The van der Waals surface area contributed by atoms with Gasteiger partial charge in [-0.1, -0.05) is 30.7 Å². The van der Waals surface area contributed by atoms with E-state index < -0.39 is 0 Å². The molecule has 146 valence electrons. The number of amides is 1. The van der Waals surface area contributed by atoms with Crippen LogP contribution in [0.3, 0.4) is 0 Å². The van der Waals surface area contributed by atoms with Crippen LogP contribution < -0.4 is 4.90 Å². The topological polar surface area (TPSA) is 49.3 Å². The molecule has 1 saturated carbocycles. The zero-order valence-electron chi connectivity index (χ0n) is 16.4. The van der Waals surface area contributed by atoms with Crippen LogP contribution in [0.1, 0.15) is 54.8 Å². The van der Waals surface area contributed by atoms with Crippen LogP contribution in [-0.4, -0.2) is 40.4 Å². The Hall–Kier alpha value is -2.43. The van der Waals surface area contributed by atoms with Gasteiger partial charge in [-0.25, -0.2) is 9.97 Å². The molecule has 1 aliphatic carbocycles.